The first kappa shape index (κ1) is 16.8. The van der Waals surface area contributed by atoms with Crippen molar-refractivity contribution in [2.24, 2.45) is 0 Å². The highest BCUT2D eigenvalue weighted by Crippen LogP contribution is 2.18. The van der Waals surface area contributed by atoms with Gasteiger partial charge in [-0.05, 0) is 31.2 Å². The van der Waals surface area contributed by atoms with Crippen molar-refractivity contribution in [2.45, 2.75) is 24.8 Å². The number of nitrogens with zero attached hydrogens (tertiary/aromatic N) is 1. The Morgan fingerprint density at radius 1 is 1.32 bits per heavy atom. The number of hydrogen-bond acceptors (Lipinski definition) is 5. The summed E-state index contributed by atoms with van der Waals surface area (Å²) in [6.45, 7) is 1.23. The molecular weight excluding hydrogens is 334 g/mol. The maximum Gasteiger partial charge on any atom is 0.272 e. The zero-order chi connectivity index (χ0) is 16.2. The quantitative estimate of drug-likeness (QED) is 0.835. The third kappa shape index (κ3) is 4.46. The molecule has 0 spiro atoms. The Bertz CT molecular complexity index is 715. The normalized spacial score (nSPS) is 11.8. The van der Waals surface area contributed by atoms with Gasteiger partial charge in [-0.2, -0.15) is 0 Å². The fraction of sp³-hybridized carbons (Fsp3) is 0.308. The van der Waals surface area contributed by atoms with Crippen molar-refractivity contribution in [3.05, 3.63) is 40.3 Å². The van der Waals surface area contributed by atoms with Crippen LogP contribution in [0.15, 0.2) is 34.7 Å². The molecule has 1 aromatic carbocycles. The Labute approximate surface area is 131 Å². The first-order chi connectivity index (χ1) is 10.4. The van der Waals surface area contributed by atoms with E-state index in [1.807, 2.05) is 0 Å². The van der Waals surface area contributed by atoms with Crippen molar-refractivity contribution in [1.82, 2.24) is 9.71 Å². The summed E-state index contributed by atoms with van der Waals surface area (Å²) in [5.41, 5.74) is 2.43. The van der Waals surface area contributed by atoms with Crippen LogP contribution < -0.4 is 9.46 Å². The van der Waals surface area contributed by atoms with Crippen molar-refractivity contribution in [3.63, 3.8) is 0 Å². The smallest absolute Gasteiger partial charge is 0.272 e. The second kappa shape index (κ2) is 7.12. The number of thiazole rings is 1. The molecule has 0 atom stereocenters. The first-order valence-electron chi connectivity index (χ1n) is 6.28. The predicted octanol–water partition coefficient (Wildman–Crippen LogP) is 2.57. The van der Waals surface area contributed by atoms with Gasteiger partial charge in [-0.15, -0.1) is 11.3 Å². The van der Waals surface area contributed by atoms with E-state index < -0.39 is 23.1 Å². The molecule has 0 aliphatic heterocycles. The molecule has 1 heterocycles. The van der Waals surface area contributed by atoms with Crippen molar-refractivity contribution < 1.29 is 21.9 Å². The minimum Gasteiger partial charge on any atom is -0.488 e. The lowest BCUT2D eigenvalue weighted by Gasteiger charge is -2.08. The minimum absolute atomic E-state index is 0.0408. The number of ether oxygens (including phenoxy) is 1. The standard InChI is InChI=1S/C13H14F2N2O3S2/c1-9-12(21-8-16-9)6-17-22(18,19)11-4-2-10(3-5-11)20-7-13(14)15/h2-5,8,13,17H,6-7H2,1H3. The maximum atomic E-state index is 12.1. The number of alkyl halides is 2. The molecule has 9 heteroatoms. The van der Waals surface area contributed by atoms with Gasteiger partial charge in [0.05, 0.1) is 16.1 Å². The molecule has 1 aromatic heterocycles. The summed E-state index contributed by atoms with van der Waals surface area (Å²) in [6, 6.07) is 5.30. The van der Waals surface area contributed by atoms with Crippen molar-refractivity contribution in [2.75, 3.05) is 6.61 Å². The molecule has 120 valence electrons. The SMILES string of the molecule is Cc1ncsc1CNS(=O)(=O)c1ccc(OCC(F)F)cc1. The van der Waals surface area contributed by atoms with Gasteiger partial charge in [0, 0.05) is 11.4 Å². The van der Waals surface area contributed by atoms with E-state index in [0.717, 1.165) is 10.6 Å². The minimum atomic E-state index is -3.68. The Balaban J connectivity index is 2.01. The summed E-state index contributed by atoms with van der Waals surface area (Å²) in [7, 11) is -3.68. The van der Waals surface area contributed by atoms with Crippen LogP contribution in [0.25, 0.3) is 0 Å². The zero-order valence-electron chi connectivity index (χ0n) is 11.6. The number of nitrogens with one attached hydrogen (secondary N) is 1. The first-order valence-corrected chi connectivity index (χ1v) is 8.64. The molecule has 2 rings (SSSR count). The van der Waals surface area contributed by atoms with Gasteiger partial charge < -0.3 is 4.74 Å². The lowest BCUT2D eigenvalue weighted by atomic mass is 10.3. The van der Waals surface area contributed by atoms with Gasteiger partial charge in [-0.1, -0.05) is 0 Å². The van der Waals surface area contributed by atoms with Gasteiger partial charge in [0.25, 0.3) is 6.43 Å². The number of rotatable bonds is 7. The lowest BCUT2D eigenvalue weighted by molar-refractivity contribution is 0.0819. The number of sulfonamides is 1. The van der Waals surface area contributed by atoms with E-state index in [9.17, 15) is 17.2 Å². The average molecular weight is 348 g/mol. The molecule has 0 aliphatic carbocycles. The second-order valence-corrected chi connectivity index (χ2v) is 7.07. The summed E-state index contributed by atoms with van der Waals surface area (Å²) in [4.78, 5) is 4.92. The third-order valence-electron chi connectivity index (χ3n) is 2.78. The summed E-state index contributed by atoms with van der Waals surface area (Å²) in [6.07, 6.45) is -2.58. The van der Waals surface area contributed by atoms with Gasteiger partial charge in [-0.3, -0.25) is 0 Å². The van der Waals surface area contributed by atoms with Gasteiger partial charge in [0.2, 0.25) is 10.0 Å². The molecule has 0 bridgehead atoms. The lowest BCUT2D eigenvalue weighted by Crippen LogP contribution is -2.23. The molecule has 5 nitrogen and oxygen atoms in total. The van der Waals surface area contributed by atoms with Crippen molar-refractivity contribution >= 4 is 21.4 Å². The summed E-state index contributed by atoms with van der Waals surface area (Å²) in [5.74, 6) is 0.192. The van der Waals surface area contributed by atoms with Crippen LogP contribution in [0, 0.1) is 6.92 Å². The molecular formula is C13H14F2N2O3S2. The molecule has 0 aliphatic rings. The van der Waals surface area contributed by atoms with Crippen LogP contribution in [0.3, 0.4) is 0 Å². The second-order valence-electron chi connectivity index (χ2n) is 4.36. The highest BCUT2D eigenvalue weighted by atomic mass is 32.2. The predicted molar refractivity (Wildman–Crippen MR) is 78.8 cm³/mol. The van der Waals surface area contributed by atoms with Crippen LogP contribution in [0.5, 0.6) is 5.75 Å². The molecule has 1 N–H and O–H groups in total. The van der Waals surface area contributed by atoms with E-state index in [1.165, 1.54) is 35.6 Å². The molecule has 2 aromatic rings. The van der Waals surface area contributed by atoms with E-state index in [-0.39, 0.29) is 17.2 Å². The van der Waals surface area contributed by atoms with Crippen LogP contribution in [0.2, 0.25) is 0 Å². The van der Waals surface area contributed by atoms with E-state index >= 15 is 0 Å². The van der Waals surface area contributed by atoms with Crippen molar-refractivity contribution in [3.8, 4) is 5.75 Å². The number of benzene rings is 1. The number of aromatic nitrogens is 1. The number of hydrogen-bond donors (Lipinski definition) is 1. The van der Waals surface area contributed by atoms with Crippen LogP contribution in [-0.4, -0.2) is 26.4 Å². The molecule has 0 saturated heterocycles. The molecule has 0 amide bonds. The number of aryl methyl sites for hydroxylation is 1. The summed E-state index contributed by atoms with van der Waals surface area (Å²) >= 11 is 1.37. The van der Waals surface area contributed by atoms with Crippen LogP contribution in [-0.2, 0) is 16.6 Å². The fourth-order valence-corrected chi connectivity index (χ4v) is 3.42. The highest BCUT2D eigenvalue weighted by Gasteiger charge is 2.15. The van der Waals surface area contributed by atoms with Gasteiger partial charge in [0.1, 0.15) is 12.4 Å². The molecule has 0 fully saturated rings. The largest absolute Gasteiger partial charge is 0.488 e. The van der Waals surface area contributed by atoms with Crippen molar-refractivity contribution in [1.29, 1.82) is 0 Å². The topological polar surface area (TPSA) is 68.3 Å². The zero-order valence-corrected chi connectivity index (χ0v) is 13.3. The summed E-state index contributed by atoms with van der Waals surface area (Å²) in [5, 5.41) is 0. The van der Waals surface area contributed by atoms with Crippen LogP contribution in [0.4, 0.5) is 8.78 Å². The van der Waals surface area contributed by atoms with Crippen LogP contribution >= 0.6 is 11.3 Å². The van der Waals surface area contributed by atoms with Gasteiger partial charge in [0.15, 0.2) is 0 Å². The van der Waals surface area contributed by atoms with E-state index in [2.05, 4.69) is 9.71 Å². The maximum absolute atomic E-state index is 12.1. The van der Waals surface area contributed by atoms with E-state index in [4.69, 9.17) is 4.74 Å². The Morgan fingerprint density at radius 3 is 2.55 bits per heavy atom. The average Bonchev–Trinajstić information content (AvgIpc) is 2.89. The highest BCUT2D eigenvalue weighted by molar-refractivity contribution is 7.89. The van der Waals surface area contributed by atoms with Crippen LogP contribution in [0.1, 0.15) is 10.6 Å². The third-order valence-corrected chi connectivity index (χ3v) is 5.13. The molecule has 0 saturated carbocycles. The van der Waals surface area contributed by atoms with E-state index in [1.54, 1.807) is 12.4 Å². The fourth-order valence-electron chi connectivity index (χ4n) is 1.61. The number of halogens is 2. The van der Waals surface area contributed by atoms with E-state index in [0.29, 0.717) is 0 Å². The van der Waals surface area contributed by atoms with Gasteiger partial charge >= 0.3 is 0 Å². The monoisotopic (exact) mass is 348 g/mol. The Hall–Kier alpha value is -1.58. The van der Waals surface area contributed by atoms with Gasteiger partial charge in [-0.25, -0.2) is 26.9 Å². The summed E-state index contributed by atoms with van der Waals surface area (Å²) < 4.78 is 55.6. The molecule has 0 unspecified atom stereocenters. The Morgan fingerprint density at radius 2 is 2.00 bits per heavy atom. The molecule has 0 radical (unpaired) electrons. The Kier molecular flexibility index (Phi) is 5.43. The molecule has 22 heavy (non-hydrogen) atoms.